The van der Waals surface area contributed by atoms with E-state index in [9.17, 15) is 22.2 Å². The van der Waals surface area contributed by atoms with E-state index < -0.39 is 28.1 Å². The molecular formula is C21H24FN3O5S. The van der Waals surface area contributed by atoms with Gasteiger partial charge in [-0.15, -0.1) is 0 Å². The number of benzene rings is 2. The fourth-order valence-electron chi connectivity index (χ4n) is 3.73. The summed E-state index contributed by atoms with van der Waals surface area (Å²) < 4.78 is 48.3. The summed E-state index contributed by atoms with van der Waals surface area (Å²) in [4.78, 5) is 13.4. The number of hydroxylamine groups is 1. The SMILES string of the molecule is O=C(/C=C/c1ccccc1N1CCC(N(Cc2cccc(F)c2)S(=O)(=O)O)CC1)NO. The number of anilines is 1. The number of amides is 1. The zero-order valence-corrected chi connectivity index (χ0v) is 17.5. The van der Waals surface area contributed by atoms with Crippen molar-refractivity contribution < 1.29 is 27.4 Å². The van der Waals surface area contributed by atoms with Crippen LogP contribution in [-0.2, 0) is 21.6 Å². The third-order valence-corrected chi connectivity index (χ3v) is 6.22. The van der Waals surface area contributed by atoms with Crippen molar-refractivity contribution in [2.24, 2.45) is 0 Å². The standard InChI is InChI=1S/C21H24FN3O5S/c22-18-6-3-4-16(14-18)15-25(31(28,29)30)19-10-12-24(13-11-19)20-7-2-1-5-17(20)8-9-21(26)23-27/h1-9,14,19,27H,10-13,15H2,(H,23,26)(H,28,29,30)/b9-8+. The Morgan fingerprint density at radius 2 is 1.90 bits per heavy atom. The minimum absolute atomic E-state index is 0.114. The molecule has 1 amide bonds. The number of carbonyl (C=O) groups is 1. The lowest BCUT2D eigenvalue weighted by Gasteiger charge is -2.38. The van der Waals surface area contributed by atoms with Gasteiger partial charge in [0.25, 0.3) is 5.91 Å². The first-order chi connectivity index (χ1) is 14.8. The van der Waals surface area contributed by atoms with Gasteiger partial charge in [-0.05, 0) is 48.2 Å². The van der Waals surface area contributed by atoms with Gasteiger partial charge in [0, 0.05) is 37.4 Å². The highest BCUT2D eigenvalue weighted by atomic mass is 32.2. The van der Waals surface area contributed by atoms with E-state index in [4.69, 9.17) is 5.21 Å². The number of nitrogens with zero attached hydrogens (tertiary/aromatic N) is 2. The van der Waals surface area contributed by atoms with E-state index in [1.54, 1.807) is 17.6 Å². The first-order valence-corrected chi connectivity index (χ1v) is 11.1. The van der Waals surface area contributed by atoms with Gasteiger partial charge in [0.2, 0.25) is 0 Å². The van der Waals surface area contributed by atoms with Gasteiger partial charge in [-0.1, -0.05) is 30.3 Å². The molecule has 0 atom stereocenters. The molecule has 2 aromatic rings. The van der Waals surface area contributed by atoms with Crippen LogP contribution in [0.2, 0.25) is 0 Å². The molecule has 1 saturated heterocycles. The molecule has 1 aliphatic heterocycles. The predicted octanol–water partition coefficient (Wildman–Crippen LogP) is 2.62. The molecule has 0 bridgehead atoms. The summed E-state index contributed by atoms with van der Waals surface area (Å²) in [6.07, 6.45) is 3.72. The Morgan fingerprint density at radius 3 is 2.55 bits per heavy atom. The van der Waals surface area contributed by atoms with Crippen LogP contribution in [0.3, 0.4) is 0 Å². The normalized spacial score (nSPS) is 15.5. The first-order valence-electron chi connectivity index (χ1n) is 9.73. The molecule has 2 aromatic carbocycles. The van der Waals surface area contributed by atoms with E-state index in [-0.39, 0.29) is 6.54 Å². The summed E-state index contributed by atoms with van der Waals surface area (Å²) in [7, 11) is -4.47. The first kappa shape index (κ1) is 22.9. The smallest absolute Gasteiger partial charge is 0.336 e. The molecule has 31 heavy (non-hydrogen) atoms. The fourth-order valence-corrected chi connectivity index (χ4v) is 4.63. The van der Waals surface area contributed by atoms with Crippen LogP contribution in [0.4, 0.5) is 10.1 Å². The highest BCUT2D eigenvalue weighted by molar-refractivity contribution is 7.83. The van der Waals surface area contributed by atoms with Gasteiger partial charge in [-0.25, -0.2) is 9.87 Å². The van der Waals surface area contributed by atoms with Crippen LogP contribution < -0.4 is 10.4 Å². The second kappa shape index (κ2) is 10.0. The minimum Gasteiger partial charge on any atom is -0.371 e. The van der Waals surface area contributed by atoms with E-state index >= 15 is 0 Å². The van der Waals surface area contributed by atoms with Gasteiger partial charge >= 0.3 is 10.3 Å². The van der Waals surface area contributed by atoms with Crippen LogP contribution in [0.15, 0.2) is 54.6 Å². The van der Waals surface area contributed by atoms with Crippen LogP contribution in [0.25, 0.3) is 6.08 Å². The monoisotopic (exact) mass is 449 g/mol. The molecule has 1 fully saturated rings. The van der Waals surface area contributed by atoms with E-state index in [2.05, 4.69) is 4.90 Å². The molecule has 0 aliphatic carbocycles. The quantitative estimate of drug-likeness (QED) is 0.259. The Kier molecular flexibility index (Phi) is 7.39. The lowest BCUT2D eigenvalue weighted by Crippen LogP contribution is -2.47. The van der Waals surface area contributed by atoms with Gasteiger partial charge in [0.15, 0.2) is 0 Å². The maximum Gasteiger partial charge on any atom is 0.336 e. The zero-order chi connectivity index (χ0) is 22.4. The predicted molar refractivity (Wildman–Crippen MR) is 114 cm³/mol. The van der Waals surface area contributed by atoms with Crippen molar-refractivity contribution in [3.8, 4) is 0 Å². The summed E-state index contributed by atoms with van der Waals surface area (Å²) in [6.45, 7) is 0.935. The summed E-state index contributed by atoms with van der Waals surface area (Å²) in [5, 5.41) is 8.64. The Bertz CT molecular complexity index is 1050. The number of hydrogen-bond acceptors (Lipinski definition) is 5. The number of rotatable bonds is 7. The molecule has 1 aliphatic rings. The van der Waals surface area contributed by atoms with E-state index in [1.165, 1.54) is 24.3 Å². The third kappa shape index (κ3) is 6.11. The molecule has 0 saturated carbocycles. The minimum atomic E-state index is -4.47. The summed E-state index contributed by atoms with van der Waals surface area (Å²) >= 11 is 0. The van der Waals surface area contributed by atoms with Crippen LogP contribution >= 0.6 is 0 Å². The van der Waals surface area contributed by atoms with Crippen LogP contribution in [0.5, 0.6) is 0 Å². The molecule has 10 heteroatoms. The van der Waals surface area contributed by atoms with Crippen LogP contribution in [0.1, 0.15) is 24.0 Å². The Hall–Kier alpha value is -2.79. The van der Waals surface area contributed by atoms with Gasteiger partial charge in [0.05, 0.1) is 0 Å². The Labute approximate surface area is 180 Å². The van der Waals surface area contributed by atoms with Gasteiger partial charge < -0.3 is 4.90 Å². The number of carbonyl (C=O) groups excluding carboxylic acids is 1. The van der Waals surface area contributed by atoms with E-state index in [0.717, 1.165) is 15.6 Å². The maximum absolute atomic E-state index is 13.5. The molecule has 3 rings (SSSR count). The zero-order valence-electron chi connectivity index (χ0n) is 16.7. The topological polar surface area (TPSA) is 110 Å². The summed E-state index contributed by atoms with van der Waals surface area (Å²) in [5.41, 5.74) is 3.64. The lowest BCUT2D eigenvalue weighted by atomic mass is 10.0. The molecule has 8 nitrogen and oxygen atoms in total. The molecule has 0 aromatic heterocycles. The molecule has 166 valence electrons. The molecule has 0 unspecified atom stereocenters. The van der Waals surface area contributed by atoms with Crippen molar-refractivity contribution in [3.05, 3.63) is 71.6 Å². The lowest BCUT2D eigenvalue weighted by molar-refractivity contribution is -0.124. The van der Waals surface area contributed by atoms with Crippen molar-refractivity contribution in [1.29, 1.82) is 0 Å². The number of nitrogens with one attached hydrogen (secondary N) is 1. The maximum atomic E-state index is 13.5. The van der Waals surface area contributed by atoms with Crippen LogP contribution in [-0.4, -0.2) is 47.5 Å². The Balaban J connectivity index is 1.73. The Morgan fingerprint density at radius 1 is 1.19 bits per heavy atom. The van der Waals surface area contributed by atoms with E-state index in [1.807, 2.05) is 24.3 Å². The molecule has 0 radical (unpaired) electrons. The third-order valence-electron chi connectivity index (χ3n) is 5.20. The van der Waals surface area contributed by atoms with Gasteiger partial charge in [0.1, 0.15) is 5.82 Å². The number of para-hydroxylation sites is 1. The van der Waals surface area contributed by atoms with Crippen molar-refractivity contribution in [2.45, 2.75) is 25.4 Å². The van der Waals surface area contributed by atoms with Gasteiger partial charge in [-0.2, -0.15) is 12.7 Å². The fraction of sp³-hybridized carbons (Fsp3) is 0.286. The van der Waals surface area contributed by atoms with E-state index in [0.29, 0.717) is 31.5 Å². The number of piperidine rings is 1. The average molecular weight is 450 g/mol. The van der Waals surface area contributed by atoms with Crippen molar-refractivity contribution in [3.63, 3.8) is 0 Å². The second-order valence-electron chi connectivity index (χ2n) is 7.24. The van der Waals surface area contributed by atoms with Gasteiger partial charge in [-0.3, -0.25) is 14.6 Å². The highest BCUT2D eigenvalue weighted by Gasteiger charge is 2.32. The number of halogens is 1. The van der Waals surface area contributed by atoms with Crippen molar-refractivity contribution in [1.82, 2.24) is 9.79 Å². The molecular weight excluding hydrogens is 425 g/mol. The highest BCUT2D eigenvalue weighted by Crippen LogP contribution is 2.28. The second-order valence-corrected chi connectivity index (χ2v) is 8.60. The van der Waals surface area contributed by atoms with Crippen molar-refractivity contribution in [2.75, 3.05) is 18.0 Å². The summed E-state index contributed by atoms with van der Waals surface area (Å²) in [6, 6.07) is 12.6. The molecule has 1 heterocycles. The van der Waals surface area contributed by atoms with Crippen LogP contribution in [0, 0.1) is 5.82 Å². The molecule has 3 N–H and O–H groups in total. The average Bonchev–Trinajstić information content (AvgIpc) is 2.75. The van der Waals surface area contributed by atoms with Crippen molar-refractivity contribution >= 4 is 28.0 Å². The summed E-state index contributed by atoms with van der Waals surface area (Å²) in [5.74, 6) is -1.11. The number of hydrogen-bond donors (Lipinski definition) is 3. The largest absolute Gasteiger partial charge is 0.371 e. The molecule has 0 spiro atoms.